The first-order valence-electron chi connectivity index (χ1n) is 11.5. The number of imide groups is 1. The number of rotatable bonds is 7. The Morgan fingerprint density at radius 3 is 2.39 bits per heavy atom. The second-order valence-electron chi connectivity index (χ2n) is 8.11. The van der Waals surface area contributed by atoms with Gasteiger partial charge in [0.2, 0.25) is 5.76 Å². The van der Waals surface area contributed by atoms with Crippen molar-refractivity contribution in [2.45, 2.75) is 10.6 Å². The van der Waals surface area contributed by atoms with Gasteiger partial charge < -0.3 is 9.15 Å². The molecule has 0 spiro atoms. The number of carbonyl (C=O) groups excluding carboxylic acids is 2. The van der Waals surface area contributed by atoms with Crippen molar-refractivity contribution in [3.8, 4) is 17.6 Å². The summed E-state index contributed by atoms with van der Waals surface area (Å²) in [6.07, 6.45) is 3.16. The zero-order valence-electron chi connectivity index (χ0n) is 19.8. The van der Waals surface area contributed by atoms with Gasteiger partial charge in [0.15, 0.2) is 0 Å². The molecule has 186 valence electrons. The van der Waals surface area contributed by atoms with E-state index in [1.807, 2.05) is 60.7 Å². The van der Waals surface area contributed by atoms with Crippen LogP contribution in [0.1, 0.15) is 16.9 Å². The fraction of sp³-hybridized carbons (Fsp3) is 0.0345. The Balaban J connectivity index is 1.30. The van der Waals surface area contributed by atoms with E-state index in [0.717, 1.165) is 16.0 Å². The van der Waals surface area contributed by atoms with Crippen molar-refractivity contribution >= 4 is 52.7 Å². The van der Waals surface area contributed by atoms with Gasteiger partial charge in [0.1, 0.15) is 22.6 Å². The van der Waals surface area contributed by atoms with Gasteiger partial charge in [-0.25, -0.2) is 4.79 Å². The summed E-state index contributed by atoms with van der Waals surface area (Å²) in [4.78, 5) is 27.7. The standard InChI is InChI=1S/C29H19N3O4S2/c30-17-26-20(14-15-35-26)18-38-24-12-6-19(7-13-24)16-25-27(33)31-29(34)32(28(25)37)21-8-10-23(11-9-21)36-22-4-2-1-3-5-22/h1-16H,18H2,(H,31,33,34). The van der Waals surface area contributed by atoms with Gasteiger partial charge >= 0.3 is 6.03 Å². The summed E-state index contributed by atoms with van der Waals surface area (Å²) < 4.78 is 11.0. The summed E-state index contributed by atoms with van der Waals surface area (Å²) in [5, 5.41) is 11.4. The lowest BCUT2D eigenvalue weighted by Crippen LogP contribution is -2.53. The molecule has 0 saturated carbocycles. The number of nitriles is 1. The molecule has 1 saturated heterocycles. The summed E-state index contributed by atoms with van der Waals surface area (Å²) >= 11 is 7.13. The zero-order chi connectivity index (χ0) is 26.5. The Bertz CT molecular complexity index is 1570. The van der Waals surface area contributed by atoms with Crippen LogP contribution >= 0.6 is 24.0 Å². The van der Waals surface area contributed by atoms with Crippen LogP contribution in [-0.2, 0) is 10.5 Å². The Hall–Kier alpha value is -4.65. The quantitative estimate of drug-likeness (QED) is 0.159. The third-order valence-electron chi connectivity index (χ3n) is 5.61. The second-order valence-corrected chi connectivity index (χ2v) is 9.55. The van der Waals surface area contributed by atoms with Crippen molar-refractivity contribution in [2.75, 3.05) is 4.90 Å². The number of thioether (sulfide) groups is 1. The number of thiocarbonyl (C=S) groups is 1. The SMILES string of the molecule is N#Cc1occc1CSc1ccc(C=C2C(=O)NC(=O)N(c3ccc(Oc4ccccc4)cc3)C2=S)cc1. The average molecular weight is 538 g/mol. The Labute approximate surface area is 228 Å². The lowest BCUT2D eigenvalue weighted by atomic mass is 10.1. The minimum absolute atomic E-state index is 0.109. The molecule has 0 bridgehead atoms. The fourth-order valence-corrected chi connectivity index (χ4v) is 4.93. The minimum Gasteiger partial charge on any atom is -0.457 e. The number of nitrogens with one attached hydrogen (secondary N) is 1. The first-order valence-corrected chi connectivity index (χ1v) is 12.8. The summed E-state index contributed by atoms with van der Waals surface area (Å²) in [5.74, 6) is 1.65. The van der Waals surface area contributed by atoms with Gasteiger partial charge in [0.25, 0.3) is 5.91 Å². The highest BCUT2D eigenvalue weighted by molar-refractivity contribution is 7.98. The predicted molar refractivity (Wildman–Crippen MR) is 149 cm³/mol. The number of urea groups is 1. The summed E-state index contributed by atoms with van der Waals surface area (Å²) in [5.41, 5.74) is 2.30. The normalized spacial score (nSPS) is 14.3. The highest BCUT2D eigenvalue weighted by Crippen LogP contribution is 2.29. The Morgan fingerprint density at radius 1 is 0.974 bits per heavy atom. The number of ether oxygens (including phenoxy) is 1. The predicted octanol–water partition coefficient (Wildman–Crippen LogP) is 6.70. The van der Waals surface area contributed by atoms with Gasteiger partial charge in [-0.3, -0.25) is 15.0 Å². The van der Waals surface area contributed by atoms with Crippen molar-refractivity contribution < 1.29 is 18.7 Å². The zero-order valence-corrected chi connectivity index (χ0v) is 21.4. The summed E-state index contributed by atoms with van der Waals surface area (Å²) in [6, 6.07) is 27.0. The molecule has 3 amide bonds. The van der Waals surface area contributed by atoms with Crippen molar-refractivity contribution in [1.82, 2.24) is 5.32 Å². The van der Waals surface area contributed by atoms with Crippen LogP contribution in [0.25, 0.3) is 6.08 Å². The molecule has 4 aromatic rings. The first-order chi connectivity index (χ1) is 18.5. The number of para-hydroxylation sites is 1. The van der Waals surface area contributed by atoms with Crippen molar-refractivity contribution in [3.63, 3.8) is 0 Å². The van der Waals surface area contributed by atoms with E-state index in [2.05, 4.69) is 5.32 Å². The molecule has 38 heavy (non-hydrogen) atoms. The van der Waals surface area contributed by atoms with Gasteiger partial charge in [-0.1, -0.05) is 42.5 Å². The van der Waals surface area contributed by atoms with E-state index in [1.54, 1.807) is 48.2 Å². The lowest BCUT2D eigenvalue weighted by molar-refractivity contribution is -0.116. The van der Waals surface area contributed by atoms with Gasteiger partial charge in [-0.05, 0) is 66.2 Å². The molecule has 5 rings (SSSR count). The van der Waals surface area contributed by atoms with Crippen LogP contribution < -0.4 is 15.0 Å². The van der Waals surface area contributed by atoms with Crippen LogP contribution in [0, 0.1) is 11.3 Å². The Kier molecular flexibility index (Phi) is 7.35. The molecule has 3 aromatic carbocycles. The number of hydrogen-bond donors (Lipinski definition) is 1. The van der Waals surface area contributed by atoms with E-state index in [4.69, 9.17) is 26.6 Å². The number of hydrogen-bond acceptors (Lipinski definition) is 7. The molecule has 7 nitrogen and oxygen atoms in total. The van der Waals surface area contributed by atoms with Crippen LogP contribution in [0.2, 0.25) is 0 Å². The second kappa shape index (κ2) is 11.2. The van der Waals surface area contributed by atoms with Crippen molar-refractivity contribution in [3.05, 3.63) is 114 Å². The topological polar surface area (TPSA) is 95.6 Å². The van der Waals surface area contributed by atoms with Crippen molar-refractivity contribution in [2.24, 2.45) is 0 Å². The van der Waals surface area contributed by atoms with Crippen molar-refractivity contribution in [1.29, 1.82) is 5.26 Å². The monoisotopic (exact) mass is 537 g/mol. The molecular weight excluding hydrogens is 518 g/mol. The van der Waals surface area contributed by atoms with Gasteiger partial charge in [-0.2, -0.15) is 5.26 Å². The molecule has 1 aliphatic rings. The van der Waals surface area contributed by atoms with E-state index in [-0.39, 0.29) is 10.6 Å². The molecule has 2 heterocycles. The Morgan fingerprint density at radius 2 is 1.68 bits per heavy atom. The van der Waals surface area contributed by atoms with E-state index < -0.39 is 11.9 Å². The van der Waals surface area contributed by atoms with Crippen LogP contribution in [-0.4, -0.2) is 16.9 Å². The number of nitrogens with zero attached hydrogens (tertiary/aromatic N) is 2. The number of amides is 3. The minimum atomic E-state index is -0.614. The molecule has 1 fully saturated rings. The number of benzene rings is 3. The van der Waals surface area contributed by atoms with Gasteiger partial charge in [0.05, 0.1) is 17.5 Å². The van der Waals surface area contributed by atoms with Crippen LogP contribution in [0.5, 0.6) is 11.5 Å². The molecule has 0 aliphatic carbocycles. The number of carbonyl (C=O) groups is 2. The number of furan rings is 1. The molecule has 1 aliphatic heterocycles. The maximum atomic E-state index is 12.7. The van der Waals surface area contributed by atoms with E-state index in [1.165, 1.54) is 11.2 Å². The van der Waals surface area contributed by atoms with Crippen LogP contribution in [0.15, 0.2) is 106 Å². The van der Waals surface area contributed by atoms with Gasteiger partial charge in [-0.15, -0.1) is 11.8 Å². The van der Waals surface area contributed by atoms with E-state index in [9.17, 15) is 9.59 Å². The van der Waals surface area contributed by atoms with E-state index in [0.29, 0.717) is 28.7 Å². The number of anilines is 1. The largest absolute Gasteiger partial charge is 0.457 e. The lowest BCUT2D eigenvalue weighted by Gasteiger charge is -2.29. The van der Waals surface area contributed by atoms with E-state index >= 15 is 0 Å². The van der Waals surface area contributed by atoms with Crippen LogP contribution in [0.4, 0.5) is 10.5 Å². The molecule has 0 atom stereocenters. The highest BCUT2D eigenvalue weighted by Gasteiger charge is 2.33. The van der Waals surface area contributed by atoms with Crippen LogP contribution in [0.3, 0.4) is 0 Å². The molecule has 0 unspecified atom stereocenters. The maximum absolute atomic E-state index is 12.7. The third kappa shape index (κ3) is 5.52. The third-order valence-corrected chi connectivity index (χ3v) is 7.07. The molecule has 9 heteroatoms. The summed E-state index contributed by atoms with van der Waals surface area (Å²) in [6.45, 7) is 0. The highest BCUT2D eigenvalue weighted by atomic mass is 32.2. The molecule has 0 radical (unpaired) electrons. The average Bonchev–Trinajstić information content (AvgIpc) is 3.40. The summed E-state index contributed by atoms with van der Waals surface area (Å²) in [7, 11) is 0. The maximum Gasteiger partial charge on any atom is 0.334 e. The molecule has 1 aromatic heterocycles. The molecule has 1 N–H and O–H groups in total. The smallest absolute Gasteiger partial charge is 0.334 e. The molecular formula is C29H19N3O4S2. The fourth-order valence-electron chi connectivity index (χ4n) is 3.72. The van der Waals surface area contributed by atoms with Gasteiger partial charge in [0, 0.05) is 16.2 Å². The first kappa shape index (κ1) is 25.0.